The fourth-order valence-electron chi connectivity index (χ4n) is 4.54. The van der Waals surface area contributed by atoms with Crippen LogP contribution in [0, 0.1) is 0 Å². The standard InChI is InChI=1S/C30H21ClN4O2S/c31-22-14-15-28-26(16-22)35(25-12-6-7-13-27(25)38-28)29(36)19-34-18-21(23-10-4-5-11-24(23)34)17-32-33-30(37)20-8-2-1-3-9-20/h1-18H,19H2,(H,33,37). The molecule has 38 heavy (non-hydrogen) atoms. The molecule has 6 nitrogen and oxygen atoms in total. The Morgan fingerprint density at radius 3 is 2.47 bits per heavy atom. The summed E-state index contributed by atoms with van der Waals surface area (Å²) in [7, 11) is 0. The number of hydrogen-bond acceptors (Lipinski definition) is 4. The summed E-state index contributed by atoms with van der Waals surface area (Å²) >= 11 is 7.95. The van der Waals surface area contributed by atoms with Crippen LogP contribution in [-0.2, 0) is 11.3 Å². The van der Waals surface area contributed by atoms with E-state index >= 15 is 0 Å². The third kappa shape index (κ3) is 4.58. The number of benzene rings is 4. The molecule has 2 amide bonds. The summed E-state index contributed by atoms with van der Waals surface area (Å²) in [4.78, 5) is 30.0. The van der Waals surface area contributed by atoms with E-state index in [2.05, 4.69) is 10.5 Å². The van der Waals surface area contributed by atoms with Crippen molar-refractivity contribution in [3.05, 3.63) is 119 Å². The molecular formula is C30H21ClN4O2S. The zero-order valence-corrected chi connectivity index (χ0v) is 21.6. The van der Waals surface area contributed by atoms with Crippen LogP contribution in [-0.4, -0.2) is 22.6 Å². The molecule has 0 saturated heterocycles. The van der Waals surface area contributed by atoms with Crippen LogP contribution in [0.3, 0.4) is 0 Å². The Labute approximate surface area is 228 Å². The minimum atomic E-state index is -0.292. The van der Waals surface area contributed by atoms with Crippen molar-refractivity contribution in [2.75, 3.05) is 4.90 Å². The third-order valence-corrected chi connectivity index (χ3v) is 7.63. The van der Waals surface area contributed by atoms with Gasteiger partial charge in [0.15, 0.2) is 0 Å². The number of carbonyl (C=O) groups is 2. The van der Waals surface area contributed by atoms with Gasteiger partial charge >= 0.3 is 0 Å². The van der Waals surface area contributed by atoms with Crippen LogP contribution >= 0.6 is 23.4 Å². The highest BCUT2D eigenvalue weighted by Crippen LogP contribution is 2.48. The monoisotopic (exact) mass is 536 g/mol. The molecule has 1 aromatic heterocycles. The fraction of sp³-hybridized carbons (Fsp3) is 0.0333. The molecule has 6 rings (SSSR count). The van der Waals surface area contributed by atoms with E-state index in [1.54, 1.807) is 47.1 Å². The summed E-state index contributed by atoms with van der Waals surface area (Å²) in [6, 6.07) is 30.2. The van der Waals surface area contributed by atoms with Crippen molar-refractivity contribution in [2.24, 2.45) is 5.10 Å². The predicted octanol–water partition coefficient (Wildman–Crippen LogP) is 6.89. The molecule has 1 aliphatic rings. The van der Waals surface area contributed by atoms with Crippen molar-refractivity contribution in [3.63, 3.8) is 0 Å². The number of nitrogens with one attached hydrogen (secondary N) is 1. The van der Waals surface area contributed by atoms with Crippen LogP contribution in [0.5, 0.6) is 0 Å². The molecule has 5 aromatic rings. The lowest BCUT2D eigenvalue weighted by atomic mass is 10.2. The Morgan fingerprint density at radius 1 is 0.868 bits per heavy atom. The Kier molecular flexibility index (Phi) is 6.45. The number of nitrogens with zero attached hydrogens (tertiary/aromatic N) is 3. The van der Waals surface area contributed by atoms with Gasteiger partial charge in [0.25, 0.3) is 11.8 Å². The van der Waals surface area contributed by atoms with Gasteiger partial charge < -0.3 is 4.57 Å². The molecular weight excluding hydrogens is 516 g/mol. The van der Waals surface area contributed by atoms with Crippen molar-refractivity contribution in [1.82, 2.24) is 9.99 Å². The largest absolute Gasteiger partial charge is 0.337 e. The zero-order chi connectivity index (χ0) is 26.1. The maximum absolute atomic E-state index is 13.9. The average Bonchev–Trinajstić information content (AvgIpc) is 3.29. The van der Waals surface area contributed by atoms with Gasteiger partial charge in [-0.2, -0.15) is 5.10 Å². The van der Waals surface area contributed by atoms with Crippen molar-refractivity contribution in [3.8, 4) is 0 Å². The van der Waals surface area contributed by atoms with Gasteiger partial charge in [0.05, 0.1) is 17.6 Å². The lowest BCUT2D eigenvalue weighted by Gasteiger charge is -2.31. The van der Waals surface area contributed by atoms with Gasteiger partial charge in [-0.3, -0.25) is 14.5 Å². The SMILES string of the molecule is O=C(NN=Cc1cn(CC(=O)N2c3ccccc3Sc3ccc(Cl)cc32)c2ccccc12)c1ccccc1. The number of hydrazone groups is 1. The first kappa shape index (κ1) is 24.0. The number of aromatic nitrogens is 1. The van der Waals surface area contributed by atoms with E-state index < -0.39 is 0 Å². The van der Waals surface area contributed by atoms with Gasteiger partial charge in [0.2, 0.25) is 0 Å². The molecule has 0 fully saturated rings. The van der Waals surface area contributed by atoms with E-state index in [1.807, 2.05) is 83.6 Å². The van der Waals surface area contributed by atoms with Crippen molar-refractivity contribution in [1.29, 1.82) is 0 Å². The average molecular weight is 537 g/mol. The number of para-hydroxylation sites is 2. The topological polar surface area (TPSA) is 66.7 Å². The van der Waals surface area contributed by atoms with Crippen LogP contribution in [0.1, 0.15) is 15.9 Å². The number of carbonyl (C=O) groups excluding carboxylic acids is 2. The Hall–Kier alpha value is -4.33. The Balaban J connectivity index is 1.31. The van der Waals surface area contributed by atoms with Gasteiger partial charge in [-0.05, 0) is 48.5 Å². The van der Waals surface area contributed by atoms with Gasteiger partial charge in [0.1, 0.15) is 6.54 Å². The predicted molar refractivity (Wildman–Crippen MR) is 153 cm³/mol. The molecule has 4 aromatic carbocycles. The minimum Gasteiger partial charge on any atom is -0.337 e. The van der Waals surface area contributed by atoms with Gasteiger partial charge in [-0.25, -0.2) is 5.43 Å². The molecule has 0 saturated carbocycles. The second-order valence-corrected chi connectivity index (χ2v) is 10.2. The molecule has 186 valence electrons. The molecule has 0 spiro atoms. The van der Waals surface area contributed by atoms with E-state index in [4.69, 9.17) is 11.6 Å². The molecule has 8 heteroatoms. The van der Waals surface area contributed by atoms with Crippen LogP contribution in [0.2, 0.25) is 5.02 Å². The molecule has 0 unspecified atom stereocenters. The van der Waals surface area contributed by atoms with Crippen LogP contribution in [0.4, 0.5) is 11.4 Å². The second-order valence-electron chi connectivity index (χ2n) is 8.71. The molecule has 0 radical (unpaired) electrons. The quantitative estimate of drug-likeness (QED) is 0.196. The van der Waals surface area contributed by atoms with Crippen LogP contribution in [0.25, 0.3) is 10.9 Å². The Morgan fingerprint density at radius 2 is 1.61 bits per heavy atom. The lowest BCUT2D eigenvalue weighted by molar-refractivity contribution is -0.118. The van der Waals surface area contributed by atoms with Crippen LogP contribution in [0.15, 0.2) is 118 Å². The fourth-order valence-corrected chi connectivity index (χ4v) is 5.74. The summed E-state index contributed by atoms with van der Waals surface area (Å²) in [6.45, 7) is 0.107. The van der Waals surface area contributed by atoms with E-state index in [9.17, 15) is 9.59 Å². The van der Waals surface area contributed by atoms with Gasteiger partial charge in [0, 0.05) is 43.0 Å². The number of fused-ring (bicyclic) bond motifs is 3. The summed E-state index contributed by atoms with van der Waals surface area (Å²) < 4.78 is 1.91. The zero-order valence-electron chi connectivity index (χ0n) is 20.0. The number of hydrogen-bond donors (Lipinski definition) is 1. The van der Waals surface area contributed by atoms with E-state index in [-0.39, 0.29) is 18.4 Å². The van der Waals surface area contributed by atoms with Crippen molar-refractivity contribution < 1.29 is 9.59 Å². The molecule has 1 aliphatic heterocycles. The van der Waals surface area contributed by atoms with E-state index in [1.165, 1.54) is 0 Å². The van der Waals surface area contributed by atoms with Crippen molar-refractivity contribution in [2.45, 2.75) is 16.3 Å². The highest BCUT2D eigenvalue weighted by atomic mass is 35.5. The molecule has 0 atom stereocenters. The van der Waals surface area contributed by atoms with E-state index in [0.29, 0.717) is 10.6 Å². The number of rotatable bonds is 5. The third-order valence-electron chi connectivity index (χ3n) is 6.27. The number of anilines is 2. The summed E-state index contributed by atoms with van der Waals surface area (Å²) in [5, 5.41) is 5.67. The van der Waals surface area contributed by atoms with Crippen LogP contribution < -0.4 is 10.3 Å². The maximum atomic E-state index is 13.9. The van der Waals surface area contributed by atoms with E-state index in [0.717, 1.165) is 37.6 Å². The smallest absolute Gasteiger partial charge is 0.271 e. The van der Waals surface area contributed by atoms with Gasteiger partial charge in [-0.1, -0.05) is 71.9 Å². The lowest BCUT2D eigenvalue weighted by Crippen LogP contribution is -2.31. The Bertz CT molecular complexity index is 1710. The first-order valence-corrected chi connectivity index (χ1v) is 13.1. The summed E-state index contributed by atoms with van der Waals surface area (Å²) in [6.07, 6.45) is 3.48. The molecule has 2 heterocycles. The number of amides is 2. The number of halogens is 1. The molecule has 0 bridgehead atoms. The molecule has 1 N–H and O–H groups in total. The highest BCUT2D eigenvalue weighted by molar-refractivity contribution is 7.99. The minimum absolute atomic E-state index is 0.0945. The first-order chi connectivity index (χ1) is 18.6. The summed E-state index contributed by atoms with van der Waals surface area (Å²) in [5.41, 5.74) is 6.39. The van der Waals surface area contributed by atoms with Gasteiger partial charge in [-0.15, -0.1) is 0 Å². The van der Waals surface area contributed by atoms with Crippen molar-refractivity contribution >= 4 is 63.7 Å². The summed E-state index contributed by atoms with van der Waals surface area (Å²) in [5.74, 6) is -0.386. The molecule has 0 aliphatic carbocycles. The first-order valence-electron chi connectivity index (χ1n) is 11.9. The highest BCUT2D eigenvalue weighted by Gasteiger charge is 2.28. The maximum Gasteiger partial charge on any atom is 0.271 e. The normalized spacial score (nSPS) is 12.4. The second kappa shape index (κ2) is 10.2.